The molecule has 0 aliphatic heterocycles. The van der Waals surface area contributed by atoms with Crippen LogP contribution in [0.25, 0.3) is 0 Å². The number of thiazole rings is 1. The molecule has 0 fully saturated rings. The maximum atomic E-state index is 12.1. The fourth-order valence-electron chi connectivity index (χ4n) is 2.14. The fraction of sp³-hybridized carbons (Fsp3) is 0.333. The van der Waals surface area contributed by atoms with Crippen LogP contribution in [0.15, 0.2) is 28.5 Å². The molecule has 1 heterocycles. The van der Waals surface area contributed by atoms with Gasteiger partial charge in [-0.3, -0.25) is 9.59 Å². The third kappa shape index (κ3) is 5.41. The number of aromatic nitrogens is 1. The summed E-state index contributed by atoms with van der Waals surface area (Å²) in [5.41, 5.74) is 3.02. The normalized spacial score (nSPS) is 11.6. The number of carbonyl (C=O) groups is 2. The van der Waals surface area contributed by atoms with Crippen molar-refractivity contribution in [2.75, 3.05) is 12.4 Å². The number of carbonyl (C=O) groups excluding carboxylic acids is 2. The second-order valence-corrected chi connectivity index (χ2v) is 7.48. The number of aryl methyl sites for hydroxylation is 3. The summed E-state index contributed by atoms with van der Waals surface area (Å²) in [4.78, 5) is 29.1. The minimum absolute atomic E-state index is 0.116. The lowest BCUT2D eigenvalue weighted by Crippen LogP contribution is -2.20. The number of rotatable bonds is 7. The van der Waals surface area contributed by atoms with Crippen molar-refractivity contribution < 1.29 is 14.3 Å². The third-order valence-electron chi connectivity index (χ3n) is 3.39. The lowest BCUT2D eigenvalue weighted by molar-refractivity contribution is -0.145. The molecule has 0 unspecified atom stereocenters. The molecule has 130 valence electrons. The van der Waals surface area contributed by atoms with Gasteiger partial charge in [-0.25, -0.2) is 4.98 Å². The smallest absolute Gasteiger partial charge is 0.316 e. The summed E-state index contributed by atoms with van der Waals surface area (Å²) in [5.74, 6) is -1.81. The van der Waals surface area contributed by atoms with E-state index in [2.05, 4.69) is 4.98 Å². The van der Waals surface area contributed by atoms with Crippen LogP contribution < -0.4 is 0 Å². The molecule has 0 aliphatic carbocycles. The van der Waals surface area contributed by atoms with Crippen LogP contribution in [0.2, 0.25) is 0 Å². The first-order valence-electron chi connectivity index (χ1n) is 7.60. The Hall–Kier alpha value is -2.17. The predicted octanol–water partition coefficient (Wildman–Crippen LogP) is 3.58. The Morgan fingerprint density at radius 3 is 2.72 bits per heavy atom. The molecule has 1 aromatic carbocycles. The summed E-state index contributed by atoms with van der Waals surface area (Å²) in [6.07, 6.45) is 0. The van der Waals surface area contributed by atoms with Crippen LogP contribution >= 0.6 is 23.1 Å². The van der Waals surface area contributed by atoms with Crippen LogP contribution in [0.4, 0.5) is 0 Å². The Morgan fingerprint density at radius 2 is 2.12 bits per heavy atom. The van der Waals surface area contributed by atoms with Crippen LogP contribution in [0.3, 0.4) is 0 Å². The zero-order valence-corrected chi connectivity index (χ0v) is 15.9. The summed E-state index contributed by atoms with van der Waals surface area (Å²) in [6, 6.07) is 7.92. The SMILES string of the molecule is Cc1ccc(SCC(=O)OCC(=O)[C@@H](C#N)c2nc(C)cs2)c(C)c1. The summed E-state index contributed by atoms with van der Waals surface area (Å²) >= 11 is 2.62. The van der Waals surface area contributed by atoms with Crippen LogP contribution in [0.1, 0.15) is 27.7 Å². The molecule has 0 saturated heterocycles. The molecule has 1 atom stereocenters. The van der Waals surface area contributed by atoms with Crippen LogP contribution in [-0.4, -0.2) is 29.1 Å². The molecule has 0 saturated carbocycles. The van der Waals surface area contributed by atoms with Gasteiger partial charge in [0.25, 0.3) is 0 Å². The molecular formula is C18H18N2O3S2. The van der Waals surface area contributed by atoms with Crippen molar-refractivity contribution in [3.05, 3.63) is 45.4 Å². The number of thioether (sulfide) groups is 1. The zero-order valence-electron chi connectivity index (χ0n) is 14.2. The largest absolute Gasteiger partial charge is 0.457 e. The average Bonchev–Trinajstić information content (AvgIpc) is 2.99. The van der Waals surface area contributed by atoms with Crippen LogP contribution in [0.5, 0.6) is 0 Å². The van der Waals surface area contributed by atoms with E-state index < -0.39 is 24.3 Å². The number of nitrogens with zero attached hydrogens (tertiary/aromatic N) is 2. The van der Waals surface area contributed by atoms with E-state index in [1.165, 1.54) is 23.1 Å². The van der Waals surface area contributed by atoms with Crippen molar-refractivity contribution in [2.24, 2.45) is 0 Å². The molecule has 7 heteroatoms. The van der Waals surface area contributed by atoms with E-state index in [0.29, 0.717) is 5.01 Å². The molecule has 0 radical (unpaired) electrons. The number of Topliss-reactive ketones (excluding diaryl/α,β-unsaturated/α-hetero) is 1. The summed E-state index contributed by atoms with van der Waals surface area (Å²) in [5, 5.41) is 11.4. The van der Waals surface area contributed by atoms with Gasteiger partial charge in [0, 0.05) is 16.0 Å². The van der Waals surface area contributed by atoms with Gasteiger partial charge < -0.3 is 4.74 Å². The van der Waals surface area contributed by atoms with E-state index in [0.717, 1.165) is 21.7 Å². The number of hydrogen-bond donors (Lipinski definition) is 0. The fourth-order valence-corrected chi connectivity index (χ4v) is 3.81. The van der Waals surface area contributed by atoms with Crippen LogP contribution in [-0.2, 0) is 14.3 Å². The molecule has 0 bridgehead atoms. The van der Waals surface area contributed by atoms with Crippen molar-refractivity contribution in [3.63, 3.8) is 0 Å². The first-order chi connectivity index (χ1) is 11.9. The molecule has 0 N–H and O–H groups in total. The topological polar surface area (TPSA) is 80.0 Å². The Morgan fingerprint density at radius 1 is 1.36 bits per heavy atom. The second kappa shape index (κ2) is 8.79. The van der Waals surface area contributed by atoms with E-state index in [4.69, 9.17) is 4.74 Å². The first kappa shape index (κ1) is 19.2. The number of ether oxygens (including phenoxy) is 1. The maximum Gasteiger partial charge on any atom is 0.316 e. The molecule has 25 heavy (non-hydrogen) atoms. The van der Waals surface area contributed by atoms with Gasteiger partial charge in [-0.05, 0) is 32.4 Å². The molecule has 2 aromatic rings. The molecule has 0 amide bonds. The van der Waals surface area contributed by atoms with E-state index in [1.807, 2.05) is 38.1 Å². The van der Waals surface area contributed by atoms with E-state index in [9.17, 15) is 14.9 Å². The van der Waals surface area contributed by atoms with Crippen molar-refractivity contribution in [1.82, 2.24) is 4.98 Å². The Bertz CT molecular complexity index is 824. The third-order valence-corrected chi connectivity index (χ3v) is 5.56. The summed E-state index contributed by atoms with van der Waals surface area (Å²) in [7, 11) is 0. The van der Waals surface area contributed by atoms with E-state index in [1.54, 1.807) is 12.3 Å². The van der Waals surface area contributed by atoms with E-state index in [-0.39, 0.29) is 5.75 Å². The minimum atomic E-state index is -0.988. The minimum Gasteiger partial charge on any atom is -0.457 e. The summed E-state index contributed by atoms with van der Waals surface area (Å²) < 4.78 is 5.02. The average molecular weight is 374 g/mol. The molecular weight excluding hydrogens is 356 g/mol. The van der Waals surface area contributed by atoms with Gasteiger partial charge >= 0.3 is 5.97 Å². The highest BCUT2D eigenvalue weighted by Gasteiger charge is 2.24. The van der Waals surface area contributed by atoms with E-state index >= 15 is 0 Å². The molecule has 2 rings (SSSR count). The van der Waals surface area contributed by atoms with Gasteiger partial charge in [-0.2, -0.15) is 5.26 Å². The number of hydrogen-bond acceptors (Lipinski definition) is 7. The molecule has 0 spiro atoms. The molecule has 5 nitrogen and oxygen atoms in total. The van der Waals surface area contributed by atoms with Gasteiger partial charge in [0.2, 0.25) is 0 Å². The van der Waals surface area contributed by atoms with Gasteiger partial charge in [0.05, 0.1) is 11.8 Å². The Kier molecular flexibility index (Phi) is 6.73. The van der Waals surface area contributed by atoms with Gasteiger partial charge in [0.15, 0.2) is 18.3 Å². The quantitative estimate of drug-likeness (QED) is 0.544. The van der Waals surface area contributed by atoms with Gasteiger partial charge in [-0.1, -0.05) is 17.7 Å². The first-order valence-corrected chi connectivity index (χ1v) is 9.47. The number of benzene rings is 1. The number of ketones is 1. The Labute approximate surface area is 155 Å². The molecule has 1 aromatic heterocycles. The lowest BCUT2D eigenvalue weighted by Gasteiger charge is -2.08. The highest BCUT2D eigenvalue weighted by atomic mass is 32.2. The monoisotopic (exact) mass is 374 g/mol. The van der Waals surface area contributed by atoms with Crippen LogP contribution in [0, 0.1) is 32.1 Å². The van der Waals surface area contributed by atoms with Gasteiger partial charge in [-0.15, -0.1) is 23.1 Å². The number of esters is 1. The highest BCUT2D eigenvalue weighted by molar-refractivity contribution is 8.00. The van der Waals surface area contributed by atoms with Crippen molar-refractivity contribution >= 4 is 34.9 Å². The molecule has 0 aliphatic rings. The predicted molar refractivity (Wildman–Crippen MR) is 97.8 cm³/mol. The maximum absolute atomic E-state index is 12.1. The lowest BCUT2D eigenvalue weighted by atomic mass is 10.1. The second-order valence-electron chi connectivity index (χ2n) is 5.57. The Balaban J connectivity index is 1.84. The number of nitriles is 1. The van der Waals surface area contributed by atoms with Gasteiger partial charge in [0.1, 0.15) is 5.01 Å². The van der Waals surface area contributed by atoms with Crippen molar-refractivity contribution in [3.8, 4) is 6.07 Å². The van der Waals surface area contributed by atoms with Crippen molar-refractivity contribution in [2.45, 2.75) is 31.6 Å². The van der Waals surface area contributed by atoms with Crippen molar-refractivity contribution in [1.29, 1.82) is 5.26 Å². The highest BCUT2D eigenvalue weighted by Crippen LogP contribution is 2.24. The standard InChI is InChI=1S/C18H18N2O3S2/c1-11-4-5-16(12(2)6-11)24-10-17(22)23-8-15(21)14(7-19)18-20-13(3)9-25-18/h4-6,9,14H,8,10H2,1-3H3/t14-/m1/s1. The zero-order chi connectivity index (χ0) is 18.4. The summed E-state index contributed by atoms with van der Waals surface area (Å²) in [6.45, 7) is 5.38.